The van der Waals surface area contributed by atoms with E-state index in [1.54, 1.807) is 24.3 Å². The highest BCUT2D eigenvalue weighted by Crippen LogP contribution is 2.33. The lowest BCUT2D eigenvalue weighted by atomic mass is 10.1. The SMILES string of the molecule is CC(C)N=c1ccccn1C(=O)/C=C(/c1ccccc1)C(F)(F)F. The maximum atomic E-state index is 13.3. The van der Waals surface area contributed by atoms with Crippen molar-refractivity contribution in [2.75, 3.05) is 0 Å². The molecule has 0 fully saturated rings. The van der Waals surface area contributed by atoms with E-state index < -0.39 is 17.7 Å². The van der Waals surface area contributed by atoms with Gasteiger partial charge in [0, 0.05) is 18.3 Å². The summed E-state index contributed by atoms with van der Waals surface area (Å²) < 4.78 is 41.1. The van der Waals surface area contributed by atoms with Gasteiger partial charge < -0.3 is 0 Å². The van der Waals surface area contributed by atoms with Crippen molar-refractivity contribution in [3.05, 3.63) is 71.9 Å². The number of nitrogens with zero attached hydrogens (tertiary/aromatic N) is 2. The van der Waals surface area contributed by atoms with Crippen LogP contribution in [-0.2, 0) is 0 Å². The van der Waals surface area contributed by atoms with Crippen LogP contribution in [-0.4, -0.2) is 22.7 Å². The van der Waals surface area contributed by atoms with Crippen molar-refractivity contribution in [2.24, 2.45) is 4.99 Å². The van der Waals surface area contributed by atoms with Crippen LogP contribution < -0.4 is 5.49 Å². The summed E-state index contributed by atoms with van der Waals surface area (Å²) in [5.41, 5.74) is -0.736. The van der Waals surface area contributed by atoms with E-state index in [2.05, 4.69) is 4.99 Å². The number of carbonyl (C=O) groups is 1. The van der Waals surface area contributed by atoms with Crippen molar-refractivity contribution >= 4 is 11.5 Å². The molecule has 0 aliphatic rings. The molecule has 0 unspecified atom stereocenters. The number of aromatic nitrogens is 1. The van der Waals surface area contributed by atoms with Gasteiger partial charge in [-0.05, 0) is 31.5 Å². The Morgan fingerprint density at radius 1 is 1.08 bits per heavy atom. The third-order valence-electron chi connectivity index (χ3n) is 3.12. The summed E-state index contributed by atoms with van der Waals surface area (Å²) >= 11 is 0. The number of allylic oxidation sites excluding steroid dienone is 2. The topological polar surface area (TPSA) is 34.4 Å². The standard InChI is InChI=1S/C18H17F3N2O/c1-13(2)22-16-10-6-7-11-23(16)17(24)12-15(18(19,20)21)14-8-4-3-5-9-14/h3-13H,1-2H3/b15-12-,22-16?. The molecule has 6 heteroatoms. The van der Waals surface area contributed by atoms with Crippen LogP contribution >= 0.6 is 0 Å². The Balaban J connectivity index is 2.54. The zero-order valence-corrected chi connectivity index (χ0v) is 13.3. The predicted molar refractivity (Wildman–Crippen MR) is 86.2 cm³/mol. The van der Waals surface area contributed by atoms with Gasteiger partial charge in [-0.3, -0.25) is 14.4 Å². The van der Waals surface area contributed by atoms with Gasteiger partial charge in [0.2, 0.25) is 0 Å². The number of hydrogen-bond donors (Lipinski definition) is 0. The summed E-state index contributed by atoms with van der Waals surface area (Å²) in [6, 6.07) is 12.0. The fraction of sp³-hybridized carbons (Fsp3) is 0.222. The van der Waals surface area contributed by atoms with Crippen LogP contribution in [0.4, 0.5) is 13.2 Å². The van der Waals surface area contributed by atoms with Gasteiger partial charge in [0.25, 0.3) is 5.91 Å². The van der Waals surface area contributed by atoms with Crippen molar-refractivity contribution in [3.8, 4) is 0 Å². The molecule has 1 heterocycles. The average molecular weight is 334 g/mol. The molecular weight excluding hydrogens is 317 g/mol. The number of carbonyl (C=O) groups excluding carboxylic acids is 1. The van der Waals surface area contributed by atoms with Gasteiger partial charge in [-0.1, -0.05) is 36.4 Å². The van der Waals surface area contributed by atoms with Gasteiger partial charge >= 0.3 is 6.18 Å². The van der Waals surface area contributed by atoms with E-state index >= 15 is 0 Å². The summed E-state index contributed by atoms with van der Waals surface area (Å²) in [6.07, 6.45) is -2.63. The molecule has 0 atom stereocenters. The Bertz CT molecular complexity index is 803. The Morgan fingerprint density at radius 3 is 2.29 bits per heavy atom. The molecule has 2 rings (SSSR count). The summed E-state index contributed by atoms with van der Waals surface area (Å²) in [6.45, 7) is 3.64. The van der Waals surface area contributed by atoms with Crippen LogP contribution in [0.3, 0.4) is 0 Å². The molecule has 126 valence electrons. The summed E-state index contributed by atoms with van der Waals surface area (Å²) in [5.74, 6) is -0.800. The third-order valence-corrected chi connectivity index (χ3v) is 3.12. The normalized spacial score (nSPS) is 13.4. The first-order valence-electron chi connectivity index (χ1n) is 7.39. The van der Waals surface area contributed by atoms with E-state index in [0.717, 1.165) is 4.57 Å². The molecule has 1 aromatic carbocycles. The minimum absolute atomic E-state index is 0.0581. The third kappa shape index (κ3) is 4.44. The highest BCUT2D eigenvalue weighted by atomic mass is 19.4. The van der Waals surface area contributed by atoms with Crippen LogP contribution in [0.25, 0.3) is 5.57 Å². The van der Waals surface area contributed by atoms with Gasteiger partial charge in [-0.15, -0.1) is 0 Å². The van der Waals surface area contributed by atoms with Gasteiger partial charge in [0.1, 0.15) is 5.49 Å². The van der Waals surface area contributed by atoms with Gasteiger partial charge in [-0.2, -0.15) is 13.2 Å². The molecular formula is C18H17F3N2O. The Kier molecular flexibility index (Phi) is 5.39. The Labute approximate surface area is 137 Å². The van der Waals surface area contributed by atoms with E-state index in [-0.39, 0.29) is 11.6 Å². The van der Waals surface area contributed by atoms with Crippen LogP contribution in [0.15, 0.2) is 65.8 Å². The monoisotopic (exact) mass is 334 g/mol. The molecule has 3 nitrogen and oxygen atoms in total. The van der Waals surface area contributed by atoms with Gasteiger partial charge in [-0.25, -0.2) is 0 Å². The lowest BCUT2D eigenvalue weighted by molar-refractivity contribution is -0.0690. The van der Waals surface area contributed by atoms with E-state index in [4.69, 9.17) is 0 Å². The largest absolute Gasteiger partial charge is 0.417 e. The fourth-order valence-electron chi connectivity index (χ4n) is 2.13. The minimum Gasteiger partial charge on any atom is -0.269 e. The molecule has 24 heavy (non-hydrogen) atoms. The van der Waals surface area contributed by atoms with Crippen molar-refractivity contribution in [1.29, 1.82) is 0 Å². The summed E-state index contributed by atoms with van der Waals surface area (Å²) in [4.78, 5) is 16.7. The molecule has 1 aromatic heterocycles. The molecule has 0 aliphatic carbocycles. The molecule has 0 amide bonds. The van der Waals surface area contributed by atoms with Gasteiger partial charge in [0.05, 0.1) is 5.57 Å². The van der Waals surface area contributed by atoms with E-state index in [1.165, 1.54) is 30.5 Å². The number of benzene rings is 1. The van der Waals surface area contributed by atoms with Crippen LogP contribution in [0.5, 0.6) is 0 Å². The number of pyridine rings is 1. The van der Waals surface area contributed by atoms with Crippen LogP contribution in [0.2, 0.25) is 0 Å². The van der Waals surface area contributed by atoms with Crippen molar-refractivity contribution in [2.45, 2.75) is 26.1 Å². The molecule has 0 spiro atoms. The van der Waals surface area contributed by atoms with Crippen molar-refractivity contribution in [3.63, 3.8) is 0 Å². The molecule has 0 saturated heterocycles. The Morgan fingerprint density at radius 2 is 1.71 bits per heavy atom. The Hall–Kier alpha value is -2.63. The molecule has 0 radical (unpaired) electrons. The maximum Gasteiger partial charge on any atom is 0.417 e. The molecule has 0 bridgehead atoms. The fourth-order valence-corrected chi connectivity index (χ4v) is 2.13. The summed E-state index contributed by atoms with van der Waals surface area (Å²) in [7, 11) is 0. The van der Waals surface area contributed by atoms with E-state index in [9.17, 15) is 18.0 Å². The zero-order valence-electron chi connectivity index (χ0n) is 13.3. The number of hydrogen-bond acceptors (Lipinski definition) is 2. The number of halogens is 3. The maximum absolute atomic E-state index is 13.3. The van der Waals surface area contributed by atoms with Crippen molar-refractivity contribution < 1.29 is 18.0 Å². The van der Waals surface area contributed by atoms with E-state index in [1.807, 2.05) is 13.8 Å². The first kappa shape index (κ1) is 17.7. The lowest BCUT2D eigenvalue weighted by Gasteiger charge is -2.12. The zero-order chi connectivity index (χ0) is 17.7. The minimum atomic E-state index is -4.64. The number of rotatable bonds is 3. The van der Waals surface area contributed by atoms with Gasteiger partial charge in [0.15, 0.2) is 0 Å². The lowest BCUT2D eigenvalue weighted by Crippen LogP contribution is -2.27. The summed E-state index contributed by atoms with van der Waals surface area (Å²) in [5, 5.41) is 0. The van der Waals surface area contributed by atoms with Crippen LogP contribution in [0, 0.1) is 0 Å². The molecule has 0 aliphatic heterocycles. The molecule has 0 N–H and O–H groups in total. The molecule has 2 aromatic rings. The predicted octanol–water partition coefficient (Wildman–Crippen LogP) is 4.08. The average Bonchev–Trinajstić information content (AvgIpc) is 2.52. The molecule has 0 saturated carbocycles. The van der Waals surface area contributed by atoms with E-state index in [0.29, 0.717) is 11.6 Å². The second-order valence-electron chi connectivity index (χ2n) is 5.41. The smallest absolute Gasteiger partial charge is 0.269 e. The second-order valence-corrected chi connectivity index (χ2v) is 5.41. The van der Waals surface area contributed by atoms with Crippen molar-refractivity contribution in [1.82, 2.24) is 4.57 Å². The van der Waals surface area contributed by atoms with Crippen LogP contribution in [0.1, 0.15) is 24.2 Å². The first-order valence-corrected chi connectivity index (χ1v) is 7.39. The first-order chi connectivity index (χ1) is 11.3. The quantitative estimate of drug-likeness (QED) is 0.779. The number of alkyl halides is 3. The highest BCUT2D eigenvalue weighted by Gasteiger charge is 2.35. The second kappa shape index (κ2) is 7.29. The highest BCUT2D eigenvalue weighted by molar-refractivity contribution is 5.97.